The monoisotopic (exact) mass is 467 g/mol. The number of aliphatic hydroxyl groups excluding tert-OH is 1. The van der Waals surface area contributed by atoms with Crippen molar-refractivity contribution in [1.82, 2.24) is 14.7 Å². The highest BCUT2D eigenvalue weighted by Gasteiger charge is 2.28. The average Bonchev–Trinajstić information content (AvgIpc) is 3.58. The van der Waals surface area contributed by atoms with Gasteiger partial charge in [-0.15, -0.1) is 0 Å². The minimum atomic E-state index is -0.584. The van der Waals surface area contributed by atoms with E-state index in [1.54, 1.807) is 16.8 Å². The van der Waals surface area contributed by atoms with Gasteiger partial charge in [0.25, 0.3) is 0 Å². The fourth-order valence-corrected chi connectivity index (χ4v) is 4.01. The number of rotatable bonds is 12. The molecule has 1 aromatic heterocycles. The van der Waals surface area contributed by atoms with E-state index in [4.69, 9.17) is 14.6 Å². The van der Waals surface area contributed by atoms with Crippen LogP contribution in [0.2, 0.25) is 0 Å². The number of ether oxygens (including phenoxy) is 2. The SMILES string of the molecule is CC(C)OC[C@H](O)CN(Cc1c(-c2ccccc2)nn(C)c1Oc1ccc(F)cc1)CC1CC1. The van der Waals surface area contributed by atoms with E-state index in [2.05, 4.69) is 4.90 Å². The number of nitrogens with zero attached hydrogens (tertiary/aromatic N) is 3. The third kappa shape index (κ3) is 6.65. The standard InChI is InChI=1S/C27H34FN3O3/c1-19(2)33-18-23(32)16-31(15-20-9-10-20)17-25-26(21-7-5-4-6-8-21)29-30(3)27(25)34-24-13-11-22(28)12-14-24/h4-8,11-14,19-20,23,32H,9-10,15-18H2,1-3H3/t23-/m1/s1. The zero-order valence-electron chi connectivity index (χ0n) is 20.2. The Balaban J connectivity index is 1.64. The summed E-state index contributed by atoms with van der Waals surface area (Å²) in [4.78, 5) is 2.27. The first-order valence-electron chi connectivity index (χ1n) is 12.0. The maximum Gasteiger partial charge on any atom is 0.222 e. The Bertz CT molecular complexity index is 1050. The summed E-state index contributed by atoms with van der Waals surface area (Å²) in [6.07, 6.45) is 1.92. The molecule has 1 heterocycles. The van der Waals surface area contributed by atoms with Crippen LogP contribution in [0.3, 0.4) is 0 Å². The van der Waals surface area contributed by atoms with Crippen molar-refractivity contribution in [2.45, 2.75) is 45.4 Å². The predicted octanol–water partition coefficient (Wildman–Crippen LogP) is 5.02. The molecule has 1 N–H and O–H groups in total. The Kier molecular flexibility index (Phi) is 7.98. The summed E-state index contributed by atoms with van der Waals surface area (Å²) in [5, 5.41) is 15.4. The zero-order valence-corrected chi connectivity index (χ0v) is 20.2. The van der Waals surface area contributed by atoms with Gasteiger partial charge in [0.2, 0.25) is 5.88 Å². The Hall–Kier alpha value is -2.74. The van der Waals surface area contributed by atoms with Crippen molar-refractivity contribution in [2.24, 2.45) is 13.0 Å². The maximum atomic E-state index is 13.4. The van der Waals surface area contributed by atoms with E-state index in [1.165, 1.54) is 25.0 Å². The van der Waals surface area contributed by atoms with E-state index in [0.29, 0.717) is 37.2 Å². The van der Waals surface area contributed by atoms with E-state index in [0.717, 1.165) is 23.4 Å². The first-order chi connectivity index (χ1) is 16.4. The smallest absolute Gasteiger partial charge is 0.222 e. The minimum absolute atomic E-state index is 0.0743. The summed E-state index contributed by atoms with van der Waals surface area (Å²) in [6, 6.07) is 16.0. The van der Waals surface area contributed by atoms with Crippen molar-refractivity contribution in [3.05, 3.63) is 66.0 Å². The lowest BCUT2D eigenvalue weighted by atomic mass is 10.1. The number of hydrogen-bond acceptors (Lipinski definition) is 5. The van der Waals surface area contributed by atoms with Gasteiger partial charge in [-0.05, 0) is 56.9 Å². The van der Waals surface area contributed by atoms with E-state index in [9.17, 15) is 9.50 Å². The highest BCUT2D eigenvalue weighted by atomic mass is 19.1. The van der Waals surface area contributed by atoms with Crippen molar-refractivity contribution in [3.63, 3.8) is 0 Å². The molecular weight excluding hydrogens is 433 g/mol. The predicted molar refractivity (Wildman–Crippen MR) is 130 cm³/mol. The fourth-order valence-electron chi connectivity index (χ4n) is 4.01. The second-order valence-electron chi connectivity index (χ2n) is 9.35. The minimum Gasteiger partial charge on any atom is -0.439 e. The molecule has 3 aromatic rings. The van der Waals surface area contributed by atoms with Gasteiger partial charge in [0, 0.05) is 32.2 Å². The van der Waals surface area contributed by atoms with Gasteiger partial charge in [0.05, 0.1) is 24.4 Å². The highest BCUT2D eigenvalue weighted by Crippen LogP contribution is 2.36. The molecule has 2 aromatic carbocycles. The summed E-state index contributed by atoms with van der Waals surface area (Å²) in [6.45, 7) is 6.21. The molecule has 0 aliphatic heterocycles. The molecule has 7 heteroatoms. The topological polar surface area (TPSA) is 59.8 Å². The molecule has 0 spiro atoms. The van der Waals surface area contributed by atoms with Gasteiger partial charge in [0.15, 0.2) is 0 Å². The zero-order chi connectivity index (χ0) is 24.1. The summed E-state index contributed by atoms with van der Waals surface area (Å²) < 4.78 is 27.0. The summed E-state index contributed by atoms with van der Waals surface area (Å²) in [7, 11) is 1.85. The van der Waals surface area contributed by atoms with Crippen LogP contribution in [-0.2, 0) is 18.3 Å². The normalized spacial score (nSPS) is 14.7. The van der Waals surface area contributed by atoms with Crippen LogP contribution in [-0.4, -0.2) is 51.7 Å². The second-order valence-corrected chi connectivity index (χ2v) is 9.35. The summed E-state index contributed by atoms with van der Waals surface area (Å²) in [5.41, 5.74) is 2.78. The number of hydrogen-bond donors (Lipinski definition) is 1. The Morgan fingerprint density at radius 3 is 2.47 bits per heavy atom. The van der Waals surface area contributed by atoms with Crippen molar-refractivity contribution >= 4 is 0 Å². The van der Waals surface area contributed by atoms with Crippen molar-refractivity contribution in [2.75, 3.05) is 19.7 Å². The summed E-state index contributed by atoms with van der Waals surface area (Å²) in [5.74, 6) is 1.50. The molecular formula is C27H34FN3O3. The second kappa shape index (κ2) is 11.1. The molecule has 182 valence electrons. The largest absolute Gasteiger partial charge is 0.439 e. The molecule has 1 atom stereocenters. The van der Waals surface area contributed by atoms with Crippen LogP contribution < -0.4 is 4.74 Å². The van der Waals surface area contributed by atoms with Gasteiger partial charge in [-0.3, -0.25) is 4.90 Å². The molecule has 0 amide bonds. The summed E-state index contributed by atoms with van der Waals surface area (Å²) >= 11 is 0. The molecule has 0 saturated heterocycles. The maximum absolute atomic E-state index is 13.4. The first-order valence-corrected chi connectivity index (χ1v) is 12.0. The van der Waals surface area contributed by atoms with Crippen LogP contribution in [0.15, 0.2) is 54.6 Å². The van der Waals surface area contributed by atoms with Gasteiger partial charge < -0.3 is 14.6 Å². The van der Waals surface area contributed by atoms with Crippen LogP contribution in [0, 0.1) is 11.7 Å². The highest BCUT2D eigenvalue weighted by molar-refractivity contribution is 5.65. The third-order valence-corrected chi connectivity index (χ3v) is 5.85. The Labute approximate surface area is 200 Å². The Morgan fingerprint density at radius 2 is 1.82 bits per heavy atom. The molecule has 1 fully saturated rings. The molecule has 1 aliphatic rings. The van der Waals surface area contributed by atoms with Crippen LogP contribution in [0.25, 0.3) is 11.3 Å². The lowest BCUT2D eigenvalue weighted by Crippen LogP contribution is -2.36. The van der Waals surface area contributed by atoms with E-state index >= 15 is 0 Å². The average molecular weight is 468 g/mol. The third-order valence-electron chi connectivity index (χ3n) is 5.85. The molecule has 1 aliphatic carbocycles. The van der Waals surface area contributed by atoms with Crippen LogP contribution in [0.5, 0.6) is 11.6 Å². The molecule has 4 rings (SSSR count). The van der Waals surface area contributed by atoms with Crippen molar-refractivity contribution < 1.29 is 19.0 Å². The lowest BCUT2D eigenvalue weighted by Gasteiger charge is -2.26. The van der Waals surface area contributed by atoms with Gasteiger partial charge in [-0.25, -0.2) is 9.07 Å². The Morgan fingerprint density at radius 1 is 1.12 bits per heavy atom. The number of halogens is 1. The van der Waals surface area contributed by atoms with Gasteiger partial charge in [-0.2, -0.15) is 5.10 Å². The number of benzene rings is 2. The van der Waals surface area contributed by atoms with Crippen molar-refractivity contribution in [1.29, 1.82) is 0 Å². The molecule has 34 heavy (non-hydrogen) atoms. The molecule has 0 radical (unpaired) electrons. The molecule has 0 unspecified atom stereocenters. The van der Waals surface area contributed by atoms with Crippen LogP contribution in [0.1, 0.15) is 32.3 Å². The fraction of sp³-hybridized carbons (Fsp3) is 0.444. The molecule has 1 saturated carbocycles. The first kappa shape index (κ1) is 24.4. The number of aryl methyl sites for hydroxylation is 1. The lowest BCUT2D eigenvalue weighted by molar-refractivity contribution is -0.0101. The number of aliphatic hydroxyl groups is 1. The van der Waals surface area contributed by atoms with E-state index in [-0.39, 0.29) is 11.9 Å². The van der Waals surface area contributed by atoms with Crippen LogP contribution >= 0.6 is 0 Å². The quantitative estimate of drug-likeness (QED) is 0.406. The van der Waals surface area contributed by atoms with Gasteiger partial charge >= 0.3 is 0 Å². The van der Waals surface area contributed by atoms with E-state index in [1.807, 2.05) is 51.2 Å². The van der Waals surface area contributed by atoms with Crippen molar-refractivity contribution in [3.8, 4) is 22.9 Å². The van der Waals surface area contributed by atoms with E-state index < -0.39 is 6.10 Å². The van der Waals surface area contributed by atoms with Crippen LogP contribution in [0.4, 0.5) is 4.39 Å². The van der Waals surface area contributed by atoms with Gasteiger partial charge in [-0.1, -0.05) is 30.3 Å². The van der Waals surface area contributed by atoms with Gasteiger partial charge in [0.1, 0.15) is 17.3 Å². The number of aromatic nitrogens is 2. The molecule has 0 bridgehead atoms. The molecule has 6 nitrogen and oxygen atoms in total.